The second-order valence-electron chi connectivity index (χ2n) is 4.96. The highest BCUT2D eigenvalue weighted by Crippen LogP contribution is 2.20. The van der Waals surface area contributed by atoms with Crippen molar-refractivity contribution in [3.05, 3.63) is 12.2 Å². The van der Waals surface area contributed by atoms with Crippen LogP contribution in [0.5, 0.6) is 0 Å². The van der Waals surface area contributed by atoms with Crippen molar-refractivity contribution in [3.8, 4) is 0 Å². The smallest absolute Gasteiger partial charge is 0.138 e. The second-order valence-corrected chi connectivity index (χ2v) is 4.96. The Hall–Kier alpha value is -0.940. The van der Waals surface area contributed by atoms with Crippen molar-refractivity contribution >= 4 is 0 Å². The van der Waals surface area contributed by atoms with Gasteiger partial charge in [0.2, 0.25) is 0 Å². The van der Waals surface area contributed by atoms with Crippen molar-refractivity contribution in [1.82, 2.24) is 14.8 Å². The van der Waals surface area contributed by atoms with Crippen molar-refractivity contribution in [2.45, 2.75) is 45.3 Å². The van der Waals surface area contributed by atoms with E-state index in [4.69, 9.17) is 4.74 Å². The maximum absolute atomic E-state index is 10.2. The number of hydrogen-bond donors (Lipinski definition) is 1. The Morgan fingerprint density at radius 3 is 3.06 bits per heavy atom. The number of rotatable bonds is 4. The highest BCUT2D eigenvalue weighted by molar-refractivity contribution is 4.91. The van der Waals surface area contributed by atoms with E-state index in [1.165, 1.54) is 0 Å². The topological polar surface area (TPSA) is 60.2 Å². The Bertz CT molecular complexity index is 345. The van der Waals surface area contributed by atoms with Gasteiger partial charge in [-0.15, -0.1) is 0 Å². The predicted molar refractivity (Wildman–Crippen MR) is 63.7 cm³/mol. The number of aliphatic hydroxyl groups excluding tert-OH is 1. The summed E-state index contributed by atoms with van der Waals surface area (Å²) in [4.78, 5) is 4.22. The summed E-state index contributed by atoms with van der Waals surface area (Å²) in [5, 5.41) is 14.4. The Balaban J connectivity index is 1.97. The van der Waals surface area contributed by atoms with Gasteiger partial charge in [0.15, 0.2) is 0 Å². The van der Waals surface area contributed by atoms with Gasteiger partial charge in [0.25, 0.3) is 0 Å². The zero-order valence-electron chi connectivity index (χ0n) is 10.5. The summed E-state index contributed by atoms with van der Waals surface area (Å²) in [6.45, 7) is 5.62. The van der Waals surface area contributed by atoms with Gasteiger partial charge in [0, 0.05) is 25.0 Å². The minimum Gasteiger partial charge on any atom is -0.392 e. The van der Waals surface area contributed by atoms with Crippen LogP contribution in [0.4, 0.5) is 0 Å². The van der Waals surface area contributed by atoms with Crippen LogP contribution >= 0.6 is 0 Å². The van der Waals surface area contributed by atoms with E-state index in [0.29, 0.717) is 13.0 Å². The Morgan fingerprint density at radius 1 is 1.59 bits per heavy atom. The number of nitrogens with zero attached hydrogens (tertiary/aromatic N) is 3. The third kappa shape index (κ3) is 3.04. The van der Waals surface area contributed by atoms with Gasteiger partial charge in [-0.1, -0.05) is 0 Å². The molecule has 0 amide bonds. The van der Waals surface area contributed by atoms with Crippen LogP contribution in [0.15, 0.2) is 6.33 Å². The molecule has 0 aliphatic carbocycles. The number of aromatic nitrogens is 3. The molecule has 17 heavy (non-hydrogen) atoms. The molecule has 0 spiro atoms. The summed E-state index contributed by atoms with van der Waals surface area (Å²) >= 11 is 0. The minimum absolute atomic E-state index is 0.237. The fourth-order valence-electron chi connectivity index (χ4n) is 2.27. The van der Waals surface area contributed by atoms with Crippen molar-refractivity contribution in [2.75, 3.05) is 13.2 Å². The third-order valence-electron chi connectivity index (χ3n) is 3.27. The van der Waals surface area contributed by atoms with E-state index >= 15 is 0 Å². The van der Waals surface area contributed by atoms with Crippen LogP contribution in [0.2, 0.25) is 0 Å². The largest absolute Gasteiger partial charge is 0.392 e. The van der Waals surface area contributed by atoms with Crippen LogP contribution in [-0.4, -0.2) is 39.2 Å². The van der Waals surface area contributed by atoms with Gasteiger partial charge in [-0.2, -0.15) is 5.10 Å². The second kappa shape index (κ2) is 5.60. The predicted octanol–water partition coefficient (Wildman–Crippen LogP) is 1.19. The minimum atomic E-state index is -0.378. The molecule has 5 heteroatoms. The fourth-order valence-corrected chi connectivity index (χ4v) is 2.27. The van der Waals surface area contributed by atoms with Crippen molar-refractivity contribution in [3.63, 3.8) is 0 Å². The number of aliphatic hydroxyl groups is 1. The molecular weight excluding hydrogens is 218 g/mol. The van der Waals surface area contributed by atoms with Crippen LogP contribution < -0.4 is 0 Å². The molecule has 1 aromatic heterocycles. The van der Waals surface area contributed by atoms with E-state index in [0.717, 1.165) is 25.3 Å². The zero-order valence-corrected chi connectivity index (χ0v) is 10.5. The van der Waals surface area contributed by atoms with Gasteiger partial charge in [-0.3, -0.25) is 0 Å². The lowest BCUT2D eigenvalue weighted by Gasteiger charge is -2.26. The first-order valence-electron chi connectivity index (χ1n) is 6.32. The van der Waals surface area contributed by atoms with E-state index in [1.807, 2.05) is 4.68 Å². The Kier molecular flexibility index (Phi) is 4.12. The van der Waals surface area contributed by atoms with Gasteiger partial charge in [-0.05, 0) is 26.7 Å². The van der Waals surface area contributed by atoms with Crippen molar-refractivity contribution in [1.29, 1.82) is 0 Å². The number of hydrogen-bond acceptors (Lipinski definition) is 4. The summed E-state index contributed by atoms with van der Waals surface area (Å²) < 4.78 is 7.27. The van der Waals surface area contributed by atoms with E-state index in [9.17, 15) is 5.11 Å². The maximum atomic E-state index is 10.2. The summed E-state index contributed by atoms with van der Waals surface area (Å²) in [7, 11) is 0. The zero-order chi connectivity index (χ0) is 12.3. The van der Waals surface area contributed by atoms with Gasteiger partial charge in [0.05, 0.1) is 12.7 Å². The lowest BCUT2D eigenvalue weighted by Crippen LogP contribution is -2.31. The lowest BCUT2D eigenvalue weighted by atomic mass is 9.94. The SMILES string of the molecule is CC(C)n1ncnc1CC(O)C1CCCOC1. The summed E-state index contributed by atoms with van der Waals surface area (Å²) in [5.41, 5.74) is 0. The Labute approximate surface area is 102 Å². The molecule has 1 fully saturated rings. The standard InChI is InChI=1S/C12H21N3O2/c1-9(2)15-12(13-8-14-15)6-11(16)10-4-3-5-17-7-10/h8-11,16H,3-7H2,1-2H3. The molecule has 1 N–H and O–H groups in total. The molecule has 2 unspecified atom stereocenters. The highest BCUT2D eigenvalue weighted by atomic mass is 16.5. The van der Waals surface area contributed by atoms with Gasteiger partial charge in [-0.25, -0.2) is 9.67 Å². The summed E-state index contributed by atoms with van der Waals surface area (Å²) in [5.74, 6) is 1.10. The Morgan fingerprint density at radius 2 is 2.41 bits per heavy atom. The van der Waals surface area contributed by atoms with Crippen LogP contribution in [0, 0.1) is 5.92 Å². The molecule has 1 aliphatic heterocycles. The molecule has 2 heterocycles. The van der Waals surface area contributed by atoms with E-state index < -0.39 is 0 Å². The molecule has 0 bridgehead atoms. The molecule has 0 aromatic carbocycles. The third-order valence-corrected chi connectivity index (χ3v) is 3.27. The molecule has 0 saturated carbocycles. The molecule has 96 valence electrons. The molecule has 1 saturated heterocycles. The molecule has 1 aromatic rings. The fraction of sp³-hybridized carbons (Fsp3) is 0.833. The van der Waals surface area contributed by atoms with Gasteiger partial charge in [0.1, 0.15) is 12.2 Å². The average molecular weight is 239 g/mol. The monoisotopic (exact) mass is 239 g/mol. The molecular formula is C12H21N3O2. The molecule has 2 rings (SSSR count). The van der Waals surface area contributed by atoms with Gasteiger partial charge < -0.3 is 9.84 Å². The van der Waals surface area contributed by atoms with E-state index in [2.05, 4.69) is 23.9 Å². The first-order chi connectivity index (χ1) is 8.18. The molecule has 5 nitrogen and oxygen atoms in total. The van der Waals surface area contributed by atoms with Crippen LogP contribution in [0.3, 0.4) is 0 Å². The van der Waals surface area contributed by atoms with E-state index in [1.54, 1.807) is 6.33 Å². The van der Waals surface area contributed by atoms with Crippen molar-refractivity contribution < 1.29 is 9.84 Å². The quantitative estimate of drug-likeness (QED) is 0.857. The number of ether oxygens (including phenoxy) is 1. The first kappa shape index (κ1) is 12.5. The maximum Gasteiger partial charge on any atom is 0.138 e. The van der Waals surface area contributed by atoms with Crippen LogP contribution in [0.25, 0.3) is 0 Å². The van der Waals surface area contributed by atoms with Crippen LogP contribution in [-0.2, 0) is 11.2 Å². The van der Waals surface area contributed by atoms with E-state index in [-0.39, 0.29) is 18.1 Å². The molecule has 2 atom stereocenters. The highest BCUT2D eigenvalue weighted by Gasteiger charge is 2.24. The van der Waals surface area contributed by atoms with Crippen LogP contribution in [0.1, 0.15) is 38.6 Å². The normalized spacial score (nSPS) is 22.9. The summed E-state index contributed by atoms with van der Waals surface area (Å²) in [6, 6.07) is 0.280. The average Bonchev–Trinajstić information content (AvgIpc) is 2.78. The molecule has 0 radical (unpaired) electrons. The first-order valence-corrected chi connectivity index (χ1v) is 6.32. The van der Waals surface area contributed by atoms with Crippen molar-refractivity contribution in [2.24, 2.45) is 5.92 Å². The molecule has 1 aliphatic rings. The van der Waals surface area contributed by atoms with Gasteiger partial charge >= 0.3 is 0 Å². The summed E-state index contributed by atoms with van der Waals surface area (Å²) in [6.07, 6.45) is 3.82. The lowest BCUT2D eigenvalue weighted by molar-refractivity contribution is -0.00954.